The number of hydrogen-bond donors (Lipinski definition) is 2. The average Bonchev–Trinajstić information content (AvgIpc) is 3.11. The molecule has 0 spiro atoms. The van der Waals surface area contributed by atoms with Gasteiger partial charge in [-0.3, -0.25) is 14.1 Å². The number of carbonyl (C=O) groups is 2. The second-order valence-electron chi connectivity index (χ2n) is 11.7. The zero-order valence-electron chi connectivity index (χ0n) is 21.8. The van der Waals surface area contributed by atoms with Gasteiger partial charge >= 0.3 is 0 Å². The van der Waals surface area contributed by atoms with Gasteiger partial charge in [0.25, 0.3) is 10.1 Å². The lowest BCUT2D eigenvalue weighted by Gasteiger charge is -2.59. The van der Waals surface area contributed by atoms with Gasteiger partial charge in [-0.25, -0.2) is 0 Å². The Morgan fingerprint density at radius 1 is 1.03 bits per heavy atom. The van der Waals surface area contributed by atoms with Crippen LogP contribution >= 0.6 is 0 Å². The fourth-order valence-electron chi connectivity index (χ4n) is 8.46. The van der Waals surface area contributed by atoms with E-state index in [0.717, 1.165) is 32.1 Å². The molecule has 0 aromatic rings. The Hall–Kier alpha value is -0.950. The van der Waals surface area contributed by atoms with Gasteiger partial charge in [0.15, 0.2) is 0 Å². The number of Topliss-reactive ketones (excluding diaryl/α,β-unsaturated/α-hetero) is 1. The summed E-state index contributed by atoms with van der Waals surface area (Å²) in [5, 5.41) is 2.58. The maximum absolute atomic E-state index is 13.4. The van der Waals surface area contributed by atoms with Crippen molar-refractivity contribution >= 4 is 21.8 Å². The van der Waals surface area contributed by atoms with Crippen LogP contribution in [0.3, 0.4) is 0 Å². The third-order valence-electron chi connectivity index (χ3n) is 10.2. The Morgan fingerprint density at radius 3 is 2.44 bits per heavy atom. The number of amides is 1. The van der Waals surface area contributed by atoms with Gasteiger partial charge in [0.1, 0.15) is 5.78 Å². The number of nitrogens with one attached hydrogen (secondary N) is 1. The normalized spacial score (nSPS) is 39.2. The largest absolute Gasteiger partial charge is 0.355 e. The molecule has 0 aliphatic heterocycles. The van der Waals surface area contributed by atoms with Gasteiger partial charge in [-0.15, -0.1) is 0 Å². The highest BCUT2D eigenvalue weighted by atomic mass is 32.2. The van der Waals surface area contributed by atoms with Gasteiger partial charge in [-0.05, 0) is 85.9 Å². The molecule has 4 rings (SSSR count). The Bertz CT molecular complexity index is 842. The van der Waals surface area contributed by atoms with Crippen LogP contribution in [0.25, 0.3) is 0 Å². The monoisotopic (exact) mass is 497 g/mol. The van der Waals surface area contributed by atoms with Crippen LogP contribution in [-0.4, -0.2) is 37.0 Å². The molecule has 0 radical (unpaired) electrons. The van der Waals surface area contributed by atoms with Crippen molar-refractivity contribution in [2.75, 3.05) is 12.3 Å². The molecule has 0 aromatic heterocycles. The van der Waals surface area contributed by atoms with Crippen molar-refractivity contribution in [3.63, 3.8) is 0 Å². The summed E-state index contributed by atoms with van der Waals surface area (Å²) in [6.45, 7) is 8.86. The fraction of sp³-hybridized carbons (Fsp3) is 0.926. The van der Waals surface area contributed by atoms with Crippen molar-refractivity contribution < 1.29 is 22.6 Å². The van der Waals surface area contributed by atoms with E-state index in [2.05, 4.69) is 19.2 Å². The van der Waals surface area contributed by atoms with E-state index in [9.17, 15) is 18.0 Å². The van der Waals surface area contributed by atoms with E-state index in [-0.39, 0.29) is 23.8 Å². The van der Waals surface area contributed by atoms with Crippen LogP contribution < -0.4 is 5.32 Å². The molecule has 0 aromatic carbocycles. The minimum atomic E-state index is -4.04. The minimum Gasteiger partial charge on any atom is -0.355 e. The van der Waals surface area contributed by atoms with Crippen molar-refractivity contribution in [1.82, 2.24) is 5.32 Å². The molecule has 7 unspecified atom stereocenters. The summed E-state index contributed by atoms with van der Waals surface area (Å²) in [6, 6.07) is 0. The van der Waals surface area contributed by atoms with Crippen LogP contribution in [0, 0.1) is 40.4 Å². The van der Waals surface area contributed by atoms with Gasteiger partial charge in [-0.1, -0.05) is 40.5 Å². The lowest BCUT2D eigenvalue weighted by molar-refractivity contribution is -0.155. The molecular weight excluding hydrogens is 450 g/mol. The van der Waals surface area contributed by atoms with Crippen LogP contribution in [0.2, 0.25) is 0 Å². The summed E-state index contributed by atoms with van der Waals surface area (Å²) in [5.41, 5.74) is 0.562. The van der Waals surface area contributed by atoms with E-state index in [0.29, 0.717) is 41.3 Å². The molecule has 1 amide bonds. The predicted octanol–water partition coefficient (Wildman–Crippen LogP) is 5.41. The molecule has 0 saturated heterocycles. The zero-order valence-corrected chi connectivity index (χ0v) is 22.6. The lowest BCUT2D eigenvalue weighted by atomic mass is 9.44. The first-order chi connectivity index (χ1) is 16.0. The summed E-state index contributed by atoms with van der Waals surface area (Å²) >= 11 is 0. The summed E-state index contributed by atoms with van der Waals surface area (Å²) in [6.07, 6.45) is 12.8. The molecule has 34 heavy (non-hydrogen) atoms. The molecule has 0 heterocycles. The number of fused-ring (bicyclic) bond motifs is 5. The Kier molecular flexibility index (Phi) is 8.92. The van der Waals surface area contributed by atoms with Gasteiger partial charge in [0.05, 0.1) is 5.75 Å². The molecule has 6 nitrogen and oxygen atoms in total. The Labute approximate surface area is 207 Å². The number of hydrogen-bond acceptors (Lipinski definition) is 4. The lowest BCUT2D eigenvalue weighted by Crippen LogP contribution is -2.56. The topological polar surface area (TPSA) is 101 Å². The van der Waals surface area contributed by atoms with Crippen LogP contribution in [0.5, 0.6) is 0 Å². The molecule has 2 N–H and O–H groups in total. The second-order valence-corrected chi connectivity index (χ2v) is 13.3. The van der Waals surface area contributed by atoms with Gasteiger partial charge < -0.3 is 5.32 Å². The van der Waals surface area contributed by atoms with Gasteiger partial charge in [0.2, 0.25) is 5.91 Å². The van der Waals surface area contributed by atoms with Crippen LogP contribution in [-0.2, 0) is 19.7 Å². The van der Waals surface area contributed by atoms with Crippen molar-refractivity contribution in [2.45, 2.75) is 105 Å². The zero-order chi connectivity index (χ0) is 25.1. The van der Waals surface area contributed by atoms with E-state index in [1.807, 2.05) is 13.8 Å². The Morgan fingerprint density at radius 2 is 1.74 bits per heavy atom. The van der Waals surface area contributed by atoms with Crippen molar-refractivity contribution in [2.24, 2.45) is 40.4 Å². The first kappa shape index (κ1) is 27.6. The summed E-state index contributed by atoms with van der Waals surface area (Å²) < 4.78 is 30.3. The number of ketones is 1. The standard InChI is InChI=1S/C25H41NO5S.C2H6/c1-24-12-4-3-6-18(24)16-21(27)23-19-10-9-17(25(19,2)13-11-20(23)24)7-5-8-22(28)26-14-15-32(29,30)31;1-2/h17-20,23H,3-16H2,1-2H3,(H,26,28)(H,29,30,31);1-2H3. The van der Waals surface area contributed by atoms with E-state index < -0.39 is 15.9 Å². The molecule has 0 bridgehead atoms. The third-order valence-corrected chi connectivity index (χ3v) is 10.9. The SMILES string of the molecule is CC.CC12CCC3C(C(=O)CC4CCCCC43C)C1CCC2CCCC(=O)NCCS(=O)(=O)O. The number of rotatable bonds is 7. The van der Waals surface area contributed by atoms with E-state index >= 15 is 0 Å². The molecule has 4 aliphatic rings. The number of carbonyl (C=O) groups excluding carboxylic acids is 2. The van der Waals surface area contributed by atoms with Crippen molar-refractivity contribution in [3.05, 3.63) is 0 Å². The van der Waals surface area contributed by atoms with Gasteiger partial charge in [0, 0.05) is 25.3 Å². The van der Waals surface area contributed by atoms with Crippen molar-refractivity contribution in [1.29, 1.82) is 0 Å². The van der Waals surface area contributed by atoms with E-state index in [1.54, 1.807) is 0 Å². The highest BCUT2D eigenvalue weighted by Crippen LogP contribution is 2.67. The molecule has 4 saturated carbocycles. The first-order valence-corrected chi connectivity index (χ1v) is 15.4. The summed E-state index contributed by atoms with van der Waals surface area (Å²) in [7, 11) is -4.04. The molecular formula is C27H47NO5S. The van der Waals surface area contributed by atoms with E-state index in [1.165, 1.54) is 38.5 Å². The third kappa shape index (κ3) is 5.55. The van der Waals surface area contributed by atoms with Gasteiger partial charge in [-0.2, -0.15) is 8.42 Å². The summed E-state index contributed by atoms with van der Waals surface area (Å²) in [5.74, 6) is 2.43. The Balaban J connectivity index is 0.00000158. The first-order valence-electron chi connectivity index (χ1n) is 13.8. The quantitative estimate of drug-likeness (QED) is 0.458. The fourth-order valence-corrected chi connectivity index (χ4v) is 8.82. The highest BCUT2D eigenvalue weighted by molar-refractivity contribution is 7.85. The van der Waals surface area contributed by atoms with Crippen LogP contribution in [0.1, 0.15) is 105 Å². The summed E-state index contributed by atoms with van der Waals surface area (Å²) in [4.78, 5) is 25.4. The maximum atomic E-state index is 13.4. The van der Waals surface area contributed by atoms with Crippen LogP contribution in [0.15, 0.2) is 0 Å². The molecule has 7 atom stereocenters. The van der Waals surface area contributed by atoms with E-state index in [4.69, 9.17) is 4.55 Å². The van der Waals surface area contributed by atoms with Crippen LogP contribution in [0.4, 0.5) is 0 Å². The predicted molar refractivity (Wildman–Crippen MR) is 135 cm³/mol. The van der Waals surface area contributed by atoms with Crippen molar-refractivity contribution in [3.8, 4) is 0 Å². The maximum Gasteiger partial charge on any atom is 0.266 e. The highest BCUT2D eigenvalue weighted by Gasteiger charge is 2.61. The minimum absolute atomic E-state index is 0.0498. The molecule has 4 aliphatic carbocycles. The molecule has 4 fully saturated rings. The molecule has 196 valence electrons. The second kappa shape index (κ2) is 11.0. The average molecular weight is 498 g/mol. The smallest absolute Gasteiger partial charge is 0.266 e. The molecule has 7 heteroatoms.